The fourth-order valence-corrected chi connectivity index (χ4v) is 11.0. The molecule has 2 atom stereocenters. The Morgan fingerprint density at radius 2 is 1.44 bits per heavy atom. The molecule has 2 aromatic rings. The summed E-state index contributed by atoms with van der Waals surface area (Å²) < 4.78 is 19.0. The van der Waals surface area contributed by atoms with Crippen molar-refractivity contribution in [1.82, 2.24) is 0 Å². The highest BCUT2D eigenvalue weighted by Crippen LogP contribution is 2.36. The van der Waals surface area contributed by atoms with Crippen molar-refractivity contribution in [3.05, 3.63) is 72.8 Å². The number of unbranched alkanes of at least 4 members (excludes halogenated alkanes) is 9. The molecular weight excluding hydrogens is 569 g/mol. The molecule has 4 heteroatoms. The maximum atomic E-state index is 7.01. The van der Waals surface area contributed by atoms with Crippen molar-refractivity contribution in [2.45, 2.75) is 148 Å². The van der Waals surface area contributed by atoms with Crippen LogP contribution in [0.4, 0.5) is 0 Å². The summed E-state index contributed by atoms with van der Waals surface area (Å²) in [5.74, 6) is 6.85. The fourth-order valence-electron chi connectivity index (χ4n) is 6.36. The molecule has 248 valence electrons. The van der Waals surface area contributed by atoms with Gasteiger partial charge in [-0.2, -0.15) is 0 Å². The lowest BCUT2D eigenvalue weighted by atomic mass is 10.1. The van der Waals surface area contributed by atoms with Crippen molar-refractivity contribution in [3.8, 4) is 11.8 Å². The van der Waals surface area contributed by atoms with E-state index >= 15 is 0 Å². The predicted molar refractivity (Wildman–Crippen MR) is 195 cm³/mol. The van der Waals surface area contributed by atoms with Gasteiger partial charge in [0.1, 0.15) is 0 Å². The van der Waals surface area contributed by atoms with Gasteiger partial charge >= 0.3 is 0 Å². The van der Waals surface area contributed by atoms with Crippen molar-refractivity contribution < 1.29 is 13.9 Å². The van der Waals surface area contributed by atoms with E-state index in [1.54, 1.807) is 0 Å². The first-order chi connectivity index (χ1) is 22.0. The molecule has 45 heavy (non-hydrogen) atoms. The Balaban J connectivity index is 1.27. The van der Waals surface area contributed by atoms with Gasteiger partial charge in [0.25, 0.3) is 8.32 Å². The molecule has 1 aliphatic heterocycles. The number of ether oxygens (including phenoxy) is 2. The average Bonchev–Trinajstić information content (AvgIpc) is 3.05. The molecule has 1 saturated heterocycles. The Hall–Kier alpha value is -2.16. The molecule has 0 aromatic heterocycles. The topological polar surface area (TPSA) is 27.7 Å². The maximum Gasteiger partial charge on any atom is 0.261 e. The second-order valence-electron chi connectivity index (χ2n) is 13.7. The van der Waals surface area contributed by atoms with Crippen molar-refractivity contribution in [2.24, 2.45) is 0 Å². The van der Waals surface area contributed by atoms with Crippen LogP contribution in [-0.2, 0) is 13.9 Å². The van der Waals surface area contributed by atoms with Gasteiger partial charge in [-0.05, 0) is 73.2 Å². The minimum atomic E-state index is -2.42. The van der Waals surface area contributed by atoms with Crippen LogP contribution in [0.15, 0.2) is 72.8 Å². The van der Waals surface area contributed by atoms with Crippen LogP contribution in [0.3, 0.4) is 0 Å². The average molecular weight is 631 g/mol. The van der Waals surface area contributed by atoms with E-state index in [1.165, 1.54) is 68.2 Å². The van der Waals surface area contributed by atoms with Gasteiger partial charge in [0, 0.05) is 26.1 Å². The predicted octanol–water partition coefficient (Wildman–Crippen LogP) is 10.1. The second kappa shape index (κ2) is 21.6. The van der Waals surface area contributed by atoms with Crippen LogP contribution in [0.1, 0.15) is 130 Å². The smallest absolute Gasteiger partial charge is 0.261 e. The molecule has 1 heterocycles. The molecular formula is C41H62O3Si. The standard InChI is InChI=1S/C41H62O3Si/c1-5-6-28-37(44-40-34-25-27-35-42-40)29-20-16-14-12-10-8-7-9-11-13-15-17-26-36-43-45(41(2,3)4,38-30-21-18-22-31-38)39-32-23-19-24-33-39/h18-24,29-33,37,40H,5-10,12,14-17,25-28,34-36H2,1-4H3/t37-,40?/m1/s1. The summed E-state index contributed by atoms with van der Waals surface area (Å²) in [6, 6.07) is 21.9. The van der Waals surface area contributed by atoms with Crippen LogP contribution < -0.4 is 10.4 Å². The zero-order valence-corrected chi connectivity index (χ0v) is 30.0. The largest absolute Gasteiger partial charge is 0.407 e. The highest BCUT2D eigenvalue weighted by Gasteiger charge is 2.49. The Morgan fingerprint density at radius 3 is 2.04 bits per heavy atom. The third kappa shape index (κ3) is 13.2. The normalized spacial score (nSPS) is 16.4. The van der Waals surface area contributed by atoms with Crippen LogP contribution in [0.2, 0.25) is 5.04 Å². The molecule has 0 spiro atoms. The molecule has 0 bridgehead atoms. The summed E-state index contributed by atoms with van der Waals surface area (Å²) in [7, 11) is -2.42. The molecule has 3 nitrogen and oxygen atoms in total. The van der Waals surface area contributed by atoms with Gasteiger partial charge < -0.3 is 13.9 Å². The molecule has 0 radical (unpaired) electrons. The van der Waals surface area contributed by atoms with Gasteiger partial charge in [-0.1, -0.05) is 133 Å². The van der Waals surface area contributed by atoms with Crippen LogP contribution >= 0.6 is 0 Å². The number of hydrogen-bond acceptors (Lipinski definition) is 3. The first-order valence-electron chi connectivity index (χ1n) is 18.1. The van der Waals surface area contributed by atoms with E-state index in [2.05, 4.69) is 112 Å². The van der Waals surface area contributed by atoms with Gasteiger partial charge in [-0.3, -0.25) is 0 Å². The molecule has 3 rings (SSSR count). The van der Waals surface area contributed by atoms with Crippen molar-refractivity contribution >= 4 is 18.7 Å². The first kappa shape index (κ1) is 37.3. The van der Waals surface area contributed by atoms with E-state index in [0.29, 0.717) is 0 Å². The summed E-state index contributed by atoms with van der Waals surface area (Å²) in [5.41, 5.74) is 0. The zero-order valence-electron chi connectivity index (χ0n) is 29.0. The fraction of sp³-hybridized carbons (Fsp3) is 0.610. The van der Waals surface area contributed by atoms with Crippen molar-refractivity contribution in [1.29, 1.82) is 0 Å². The summed E-state index contributed by atoms with van der Waals surface area (Å²) in [6.07, 6.45) is 23.5. The third-order valence-electron chi connectivity index (χ3n) is 8.89. The molecule has 2 aromatic carbocycles. The van der Waals surface area contributed by atoms with E-state index in [1.807, 2.05) is 0 Å². The molecule has 0 N–H and O–H groups in total. The molecule has 1 unspecified atom stereocenters. The van der Waals surface area contributed by atoms with Gasteiger partial charge in [0.15, 0.2) is 6.29 Å². The quantitative estimate of drug-likeness (QED) is 0.0631. The van der Waals surface area contributed by atoms with Gasteiger partial charge in [0.2, 0.25) is 0 Å². The number of benzene rings is 2. The van der Waals surface area contributed by atoms with E-state index in [-0.39, 0.29) is 17.4 Å². The SMILES string of the molecule is CCCC[C@H](C=CCCCCCCCC#CCCCCO[Si](c1ccccc1)(c1ccccc1)C(C)(C)C)OC1CCCCO1. The molecule has 0 aliphatic carbocycles. The van der Waals surface area contributed by atoms with E-state index in [0.717, 1.165) is 58.2 Å². The Bertz CT molecular complexity index is 1070. The van der Waals surface area contributed by atoms with E-state index < -0.39 is 8.32 Å². The Labute approximate surface area is 277 Å². The maximum absolute atomic E-state index is 7.01. The van der Waals surface area contributed by atoms with E-state index in [9.17, 15) is 0 Å². The van der Waals surface area contributed by atoms with Crippen LogP contribution in [0, 0.1) is 11.8 Å². The van der Waals surface area contributed by atoms with Gasteiger partial charge in [-0.15, -0.1) is 11.8 Å². The molecule has 1 aliphatic rings. The number of rotatable bonds is 20. The van der Waals surface area contributed by atoms with Crippen molar-refractivity contribution in [2.75, 3.05) is 13.2 Å². The van der Waals surface area contributed by atoms with Crippen molar-refractivity contribution in [3.63, 3.8) is 0 Å². The van der Waals surface area contributed by atoms with Crippen LogP contribution in [-0.4, -0.2) is 33.9 Å². The third-order valence-corrected chi connectivity index (χ3v) is 13.9. The monoisotopic (exact) mass is 630 g/mol. The number of hydrogen-bond donors (Lipinski definition) is 0. The summed E-state index contributed by atoms with van der Waals surface area (Å²) in [6.45, 7) is 10.9. The summed E-state index contributed by atoms with van der Waals surface area (Å²) >= 11 is 0. The Kier molecular flexibility index (Phi) is 17.9. The number of allylic oxidation sites excluding steroid dienone is 1. The van der Waals surface area contributed by atoms with Gasteiger partial charge in [-0.25, -0.2) is 0 Å². The highest BCUT2D eigenvalue weighted by molar-refractivity contribution is 6.99. The van der Waals surface area contributed by atoms with Crippen LogP contribution in [0.25, 0.3) is 0 Å². The first-order valence-corrected chi connectivity index (χ1v) is 20.0. The molecule has 1 fully saturated rings. The second-order valence-corrected chi connectivity index (χ2v) is 18.0. The molecule has 0 saturated carbocycles. The zero-order chi connectivity index (χ0) is 32.1. The van der Waals surface area contributed by atoms with Crippen LogP contribution in [0.5, 0.6) is 0 Å². The Morgan fingerprint density at radius 1 is 0.822 bits per heavy atom. The minimum Gasteiger partial charge on any atom is -0.407 e. The van der Waals surface area contributed by atoms with E-state index in [4.69, 9.17) is 13.9 Å². The lowest BCUT2D eigenvalue weighted by Gasteiger charge is -2.43. The highest BCUT2D eigenvalue weighted by atomic mass is 28.4. The minimum absolute atomic E-state index is 0.00227. The summed E-state index contributed by atoms with van der Waals surface area (Å²) in [5, 5.41) is 2.74. The van der Waals surface area contributed by atoms with Gasteiger partial charge in [0.05, 0.1) is 6.10 Å². The molecule has 0 amide bonds. The lowest BCUT2D eigenvalue weighted by Crippen LogP contribution is -2.66. The lowest BCUT2D eigenvalue weighted by molar-refractivity contribution is -0.179. The summed E-state index contributed by atoms with van der Waals surface area (Å²) in [4.78, 5) is 0.